The van der Waals surface area contributed by atoms with Crippen molar-refractivity contribution in [2.75, 3.05) is 7.11 Å². The first-order valence-corrected chi connectivity index (χ1v) is 7.39. The second-order valence-electron chi connectivity index (χ2n) is 5.01. The fourth-order valence-corrected chi connectivity index (χ4v) is 2.02. The molecule has 2 unspecified atom stereocenters. The van der Waals surface area contributed by atoms with Crippen molar-refractivity contribution < 1.29 is 9.47 Å². The minimum atomic E-state index is -0.0703. The molecule has 0 heterocycles. The predicted molar refractivity (Wildman–Crippen MR) is 74.2 cm³/mol. The van der Waals surface area contributed by atoms with Gasteiger partial charge in [-0.3, -0.25) is 0 Å². The number of rotatable bonds is 12. The Morgan fingerprint density at radius 1 is 0.824 bits per heavy atom. The number of hydrogen-bond donors (Lipinski definition) is 0. The van der Waals surface area contributed by atoms with E-state index in [1.165, 1.54) is 51.4 Å². The van der Waals surface area contributed by atoms with Gasteiger partial charge in [-0.2, -0.15) is 0 Å². The maximum absolute atomic E-state index is 5.64. The van der Waals surface area contributed by atoms with E-state index in [2.05, 4.69) is 13.8 Å². The van der Waals surface area contributed by atoms with Crippen LogP contribution in [-0.4, -0.2) is 19.5 Å². The molecule has 0 rings (SSSR count). The van der Waals surface area contributed by atoms with Crippen molar-refractivity contribution in [3.8, 4) is 0 Å². The van der Waals surface area contributed by atoms with Crippen molar-refractivity contribution in [1.82, 2.24) is 0 Å². The van der Waals surface area contributed by atoms with Gasteiger partial charge in [-0.05, 0) is 20.3 Å². The molecule has 2 heteroatoms. The summed E-state index contributed by atoms with van der Waals surface area (Å²) < 4.78 is 10.7. The Kier molecular flexibility index (Phi) is 12.3. The summed E-state index contributed by atoms with van der Waals surface area (Å²) in [6, 6.07) is 0. The molecule has 0 radical (unpaired) electrons. The summed E-state index contributed by atoms with van der Waals surface area (Å²) in [7, 11) is 1.69. The average molecular weight is 244 g/mol. The molecule has 17 heavy (non-hydrogen) atoms. The Balaban J connectivity index is 3.16. The van der Waals surface area contributed by atoms with Crippen LogP contribution in [0.3, 0.4) is 0 Å². The number of unbranched alkanes of at least 4 members (excludes halogenated alkanes) is 7. The molecule has 0 aliphatic rings. The van der Waals surface area contributed by atoms with E-state index in [0.717, 1.165) is 6.42 Å². The topological polar surface area (TPSA) is 18.5 Å². The summed E-state index contributed by atoms with van der Waals surface area (Å²) in [4.78, 5) is 0. The molecule has 2 nitrogen and oxygen atoms in total. The number of ether oxygens (including phenoxy) is 2. The Labute approximate surface area is 108 Å². The summed E-state index contributed by atoms with van der Waals surface area (Å²) >= 11 is 0. The van der Waals surface area contributed by atoms with E-state index >= 15 is 0 Å². The third-order valence-electron chi connectivity index (χ3n) is 3.22. The lowest BCUT2D eigenvalue weighted by Gasteiger charge is -2.17. The number of methoxy groups -OCH3 is 1. The highest BCUT2D eigenvalue weighted by atomic mass is 16.7. The van der Waals surface area contributed by atoms with Crippen LogP contribution in [-0.2, 0) is 9.47 Å². The second-order valence-corrected chi connectivity index (χ2v) is 5.01. The van der Waals surface area contributed by atoms with Crippen molar-refractivity contribution in [3.63, 3.8) is 0 Å². The van der Waals surface area contributed by atoms with E-state index in [9.17, 15) is 0 Å². The molecular weight excluding hydrogens is 212 g/mol. The van der Waals surface area contributed by atoms with Gasteiger partial charge in [0.05, 0.1) is 6.10 Å². The molecule has 0 aliphatic heterocycles. The van der Waals surface area contributed by atoms with Crippen LogP contribution in [0, 0.1) is 0 Å². The highest BCUT2D eigenvalue weighted by molar-refractivity contribution is 4.53. The molecule has 2 atom stereocenters. The molecule has 0 N–H and O–H groups in total. The van der Waals surface area contributed by atoms with Gasteiger partial charge in [0.15, 0.2) is 6.29 Å². The van der Waals surface area contributed by atoms with Crippen LogP contribution in [0.4, 0.5) is 0 Å². The molecule has 0 fully saturated rings. The van der Waals surface area contributed by atoms with Crippen molar-refractivity contribution in [1.29, 1.82) is 0 Å². The zero-order valence-corrected chi connectivity index (χ0v) is 12.3. The largest absolute Gasteiger partial charge is 0.356 e. The highest BCUT2D eigenvalue weighted by Gasteiger charge is 2.06. The molecule has 0 saturated carbocycles. The van der Waals surface area contributed by atoms with Gasteiger partial charge < -0.3 is 9.47 Å². The fraction of sp³-hybridized carbons (Fsp3) is 1.00. The maximum atomic E-state index is 5.64. The third kappa shape index (κ3) is 12.2. The maximum Gasteiger partial charge on any atom is 0.154 e. The molecule has 0 aromatic heterocycles. The van der Waals surface area contributed by atoms with Gasteiger partial charge in [0.25, 0.3) is 0 Å². The number of hydrogen-bond acceptors (Lipinski definition) is 2. The van der Waals surface area contributed by atoms with E-state index in [4.69, 9.17) is 9.47 Å². The minimum absolute atomic E-state index is 0.0703. The van der Waals surface area contributed by atoms with Crippen molar-refractivity contribution in [2.45, 2.75) is 91.0 Å². The lowest BCUT2D eigenvalue weighted by molar-refractivity contribution is -0.140. The third-order valence-corrected chi connectivity index (χ3v) is 3.22. The van der Waals surface area contributed by atoms with Crippen molar-refractivity contribution >= 4 is 0 Å². The van der Waals surface area contributed by atoms with Crippen molar-refractivity contribution in [3.05, 3.63) is 0 Å². The van der Waals surface area contributed by atoms with Gasteiger partial charge in [-0.15, -0.1) is 0 Å². The standard InChI is InChI=1S/C15H32O2/c1-5-6-7-8-9-10-11-12-13-14(2)17-15(3)16-4/h14-15H,5-13H2,1-4H3. The molecule has 0 aromatic carbocycles. The highest BCUT2D eigenvalue weighted by Crippen LogP contribution is 2.12. The fourth-order valence-electron chi connectivity index (χ4n) is 2.02. The second kappa shape index (κ2) is 12.4. The van der Waals surface area contributed by atoms with Gasteiger partial charge in [0.1, 0.15) is 0 Å². The van der Waals surface area contributed by atoms with Crippen LogP contribution >= 0.6 is 0 Å². The van der Waals surface area contributed by atoms with Crippen LogP contribution in [0.2, 0.25) is 0 Å². The molecule has 0 aromatic rings. The SMILES string of the molecule is CCCCCCCCCCC(C)OC(C)OC. The zero-order chi connectivity index (χ0) is 12.9. The van der Waals surface area contributed by atoms with Crippen LogP contribution in [0.1, 0.15) is 78.6 Å². The normalized spacial score (nSPS) is 14.8. The predicted octanol–water partition coefficient (Wildman–Crippen LogP) is 4.91. The van der Waals surface area contributed by atoms with E-state index in [0.29, 0.717) is 6.10 Å². The quantitative estimate of drug-likeness (QED) is 0.358. The summed E-state index contributed by atoms with van der Waals surface area (Å²) in [5.74, 6) is 0. The zero-order valence-electron chi connectivity index (χ0n) is 12.3. The smallest absolute Gasteiger partial charge is 0.154 e. The summed E-state index contributed by atoms with van der Waals surface area (Å²) in [6.45, 7) is 6.35. The Hall–Kier alpha value is -0.0800. The monoisotopic (exact) mass is 244 g/mol. The van der Waals surface area contributed by atoms with E-state index < -0.39 is 0 Å². The van der Waals surface area contributed by atoms with Crippen LogP contribution < -0.4 is 0 Å². The van der Waals surface area contributed by atoms with E-state index in [1.807, 2.05) is 6.92 Å². The van der Waals surface area contributed by atoms with Crippen molar-refractivity contribution in [2.24, 2.45) is 0 Å². The molecule has 0 aliphatic carbocycles. The Bertz CT molecular complexity index is 148. The Morgan fingerprint density at radius 2 is 1.35 bits per heavy atom. The van der Waals surface area contributed by atoms with Crippen LogP contribution in [0.15, 0.2) is 0 Å². The van der Waals surface area contributed by atoms with Gasteiger partial charge in [-0.25, -0.2) is 0 Å². The first kappa shape index (κ1) is 16.9. The minimum Gasteiger partial charge on any atom is -0.356 e. The lowest BCUT2D eigenvalue weighted by atomic mass is 10.1. The van der Waals surface area contributed by atoms with E-state index in [1.54, 1.807) is 7.11 Å². The van der Waals surface area contributed by atoms with Gasteiger partial charge in [0, 0.05) is 7.11 Å². The average Bonchev–Trinajstić information content (AvgIpc) is 2.32. The van der Waals surface area contributed by atoms with Crippen LogP contribution in [0.25, 0.3) is 0 Å². The molecular formula is C15H32O2. The first-order chi connectivity index (χ1) is 8.20. The molecule has 104 valence electrons. The summed E-state index contributed by atoms with van der Waals surface area (Å²) in [6.07, 6.45) is 12.4. The molecule has 0 spiro atoms. The summed E-state index contributed by atoms with van der Waals surface area (Å²) in [5.41, 5.74) is 0. The molecule has 0 bridgehead atoms. The van der Waals surface area contributed by atoms with E-state index in [-0.39, 0.29) is 6.29 Å². The lowest BCUT2D eigenvalue weighted by Crippen LogP contribution is -2.18. The van der Waals surface area contributed by atoms with Gasteiger partial charge in [0.2, 0.25) is 0 Å². The summed E-state index contributed by atoms with van der Waals surface area (Å²) in [5, 5.41) is 0. The van der Waals surface area contributed by atoms with Crippen LogP contribution in [0.5, 0.6) is 0 Å². The van der Waals surface area contributed by atoms with Gasteiger partial charge in [-0.1, -0.05) is 58.3 Å². The van der Waals surface area contributed by atoms with Gasteiger partial charge >= 0.3 is 0 Å². The molecule has 0 saturated heterocycles. The Morgan fingerprint density at radius 3 is 1.88 bits per heavy atom. The first-order valence-electron chi connectivity index (χ1n) is 7.39. The molecule has 0 amide bonds.